The number of nitrogens with one attached hydrogen (secondary N) is 1. The maximum Gasteiger partial charge on any atom is 0.324 e. The zero-order chi connectivity index (χ0) is 24.7. The first-order valence-electron chi connectivity index (χ1n) is 10.3. The average Bonchev–Trinajstić information content (AvgIpc) is 3.24. The van der Waals surface area contributed by atoms with Crippen molar-refractivity contribution in [2.75, 3.05) is 13.7 Å². The van der Waals surface area contributed by atoms with E-state index in [2.05, 4.69) is 9.71 Å². The lowest BCUT2D eigenvalue weighted by Crippen LogP contribution is -2.40. The number of benzene rings is 2. The van der Waals surface area contributed by atoms with E-state index < -0.39 is 34.5 Å². The first-order valence-corrected chi connectivity index (χ1v) is 12.6. The number of aryl methyl sites for hydroxylation is 1. The molecule has 2 aromatic carbocycles. The molecular weight excluding hydrogens is 478 g/mol. The molecule has 0 saturated carbocycles. The molecule has 1 atom stereocenters. The Labute approximate surface area is 201 Å². The second kappa shape index (κ2) is 11.2. The van der Waals surface area contributed by atoms with Gasteiger partial charge in [0.1, 0.15) is 11.8 Å². The molecule has 1 aromatic heterocycles. The van der Waals surface area contributed by atoms with Gasteiger partial charge in [0.15, 0.2) is 11.4 Å². The van der Waals surface area contributed by atoms with E-state index in [1.807, 2.05) is 47.3 Å². The topological polar surface area (TPSA) is 116 Å². The highest BCUT2D eigenvalue weighted by molar-refractivity contribution is 7.89. The minimum Gasteiger partial charge on any atom is -0.497 e. The Kier molecular flexibility index (Phi) is 8.37. The normalized spacial score (nSPS) is 12.9. The van der Waals surface area contributed by atoms with Crippen LogP contribution in [0.3, 0.4) is 0 Å². The Balaban J connectivity index is 1.57. The number of aromatic nitrogens is 1. The number of carbonyl (C=O) groups excluding carboxylic acids is 2. The highest BCUT2D eigenvalue weighted by atomic mass is 32.2. The van der Waals surface area contributed by atoms with Crippen LogP contribution < -0.4 is 14.3 Å². The molecule has 0 spiro atoms. The van der Waals surface area contributed by atoms with Gasteiger partial charge in [-0.15, -0.1) is 11.3 Å². The second-order valence-electron chi connectivity index (χ2n) is 7.43. The highest BCUT2D eigenvalue weighted by Gasteiger charge is 2.23. The SMILES string of the molecule is COc1ccc(S(=O)(=O)N[C@@H](C)C(=O)OCC(=O)N=c2sccn2Cc2ccc(C)cc2)cc1. The summed E-state index contributed by atoms with van der Waals surface area (Å²) in [5, 5.41) is 1.81. The molecule has 34 heavy (non-hydrogen) atoms. The Morgan fingerprint density at radius 3 is 2.44 bits per heavy atom. The van der Waals surface area contributed by atoms with E-state index in [1.54, 1.807) is 0 Å². The van der Waals surface area contributed by atoms with Crippen molar-refractivity contribution >= 4 is 33.2 Å². The third-order valence-electron chi connectivity index (χ3n) is 4.75. The summed E-state index contributed by atoms with van der Waals surface area (Å²) in [7, 11) is -2.50. The molecule has 0 bridgehead atoms. The number of carbonyl (C=O) groups is 2. The predicted molar refractivity (Wildman–Crippen MR) is 127 cm³/mol. The Bertz CT molecular complexity index is 1310. The van der Waals surface area contributed by atoms with Gasteiger partial charge >= 0.3 is 5.97 Å². The number of esters is 1. The fourth-order valence-corrected chi connectivity index (χ4v) is 4.83. The molecular formula is C23H25N3O6S2. The molecule has 1 N–H and O–H groups in total. The van der Waals surface area contributed by atoms with E-state index in [1.165, 1.54) is 49.6 Å². The number of thiazole rings is 1. The molecule has 0 radical (unpaired) electrons. The molecule has 1 heterocycles. The monoisotopic (exact) mass is 503 g/mol. The third-order valence-corrected chi connectivity index (χ3v) is 7.10. The van der Waals surface area contributed by atoms with Gasteiger partial charge in [-0.2, -0.15) is 9.71 Å². The summed E-state index contributed by atoms with van der Waals surface area (Å²) in [4.78, 5) is 28.9. The number of sulfonamides is 1. The van der Waals surface area contributed by atoms with Gasteiger partial charge in [-0.3, -0.25) is 9.59 Å². The summed E-state index contributed by atoms with van der Waals surface area (Å²) < 4.78 is 38.9. The lowest BCUT2D eigenvalue weighted by atomic mass is 10.1. The molecule has 1 amide bonds. The van der Waals surface area contributed by atoms with Crippen molar-refractivity contribution < 1.29 is 27.5 Å². The number of hydrogen-bond donors (Lipinski definition) is 1. The van der Waals surface area contributed by atoms with Crippen LogP contribution in [-0.4, -0.2) is 44.6 Å². The largest absolute Gasteiger partial charge is 0.497 e. The van der Waals surface area contributed by atoms with Gasteiger partial charge in [0.25, 0.3) is 5.91 Å². The van der Waals surface area contributed by atoms with Crippen molar-refractivity contribution in [2.24, 2.45) is 4.99 Å². The third kappa shape index (κ3) is 6.86. The Morgan fingerprint density at radius 1 is 1.12 bits per heavy atom. The maximum absolute atomic E-state index is 12.5. The molecule has 0 aliphatic rings. The molecule has 180 valence electrons. The van der Waals surface area contributed by atoms with Crippen LogP contribution in [0.25, 0.3) is 0 Å². The van der Waals surface area contributed by atoms with E-state index >= 15 is 0 Å². The van der Waals surface area contributed by atoms with Gasteiger partial charge in [-0.25, -0.2) is 8.42 Å². The van der Waals surface area contributed by atoms with Gasteiger partial charge < -0.3 is 14.0 Å². The van der Waals surface area contributed by atoms with E-state index in [0.717, 1.165) is 11.1 Å². The van der Waals surface area contributed by atoms with Gasteiger partial charge in [0.05, 0.1) is 12.0 Å². The molecule has 0 aliphatic carbocycles. The molecule has 3 aromatic rings. The molecule has 3 rings (SSSR count). The van der Waals surface area contributed by atoms with Crippen LogP contribution in [0.1, 0.15) is 18.1 Å². The van der Waals surface area contributed by atoms with Crippen LogP contribution in [-0.2, 0) is 30.9 Å². The van der Waals surface area contributed by atoms with E-state index in [4.69, 9.17) is 9.47 Å². The number of ether oxygens (including phenoxy) is 2. The van der Waals surface area contributed by atoms with Crippen molar-refractivity contribution in [3.05, 3.63) is 76.0 Å². The predicted octanol–water partition coefficient (Wildman–Crippen LogP) is 2.25. The highest BCUT2D eigenvalue weighted by Crippen LogP contribution is 2.15. The van der Waals surface area contributed by atoms with Gasteiger partial charge in [0.2, 0.25) is 10.0 Å². The first-order chi connectivity index (χ1) is 16.2. The van der Waals surface area contributed by atoms with Crippen molar-refractivity contribution in [3.63, 3.8) is 0 Å². The summed E-state index contributed by atoms with van der Waals surface area (Å²) in [5.74, 6) is -1.04. The summed E-state index contributed by atoms with van der Waals surface area (Å²) >= 11 is 1.28. The van der Waals surface area contributed by atoms with Crippen LogP contribution in [0.4, 0.5) is 0 Å². The summed E-state index contributed by atoms with van der Waals surface area (Å²) in [6.07, 6.45) is 1.82. The van der Waals surface area contributed by atoms with Gasteiger partial charge in [0, 0.05) is 18.1 Å². The first kappa shape index (κ1) is 25.3. The summed E-state index contributed by atoms with van der Waals surface area (Å²) in [5.41, 5.74) is 2.21. The lowest BCUT2D eigenvalue weighted by molar-refractivity contribution is -0.149. The van der Waals surface area contributed by atoms with Crippen LogP contribution in [0.2, 0.25) is 0 Å². The minimum atomic E-state index is -3.96. The van der Waals surface area contributed by atoms with Crippen molar-refractivity contribution in [3.8, 4) is 5.75 Å². The fraction of sp³-hybridized carbons (Fsp3) is 0.261. The molecule has 0 saturated heterocycles. The van der Waals surface area contributed by atoms with Crippen molar-refractivity contribution in [2.45, 2.75) is 31.3 Å². The zero-order valence-corrected chi connectivity index (χ0v) is 20.6. The number of hydrogen-bond acceptors (Lipinski definition) is 7. The Morgan fingerprint density at radius 2 is 1.79 bits per heavy atom. The Hall–Kier alpha value is -3.28. The number of amides is 1. The molecule has 9 nitrogen and oxygen atoms in total. The van der Waals surface area contributed by atoms with E-state index in [9.17, 15) is 18.0 Å². The number of methoxy groups -OCH3 is 1. The van der Waals surface area contributed by atoms with Crippen molar-refractivity contribution in [1.82, 2.24) is 9.29 Å². The lowest BCUT2D eigenvalue weighted by Gasteiger charge is -2.13. The van der Waals surface area contributed by atoms with Crippen LogP contribution in [0.15, 0.2) is 70.0 Å². The van der Waals surface area contributed by atoms with Crippen molar-refractivity contribution in [1.29, 1.82) is 0 Å². The fourth-order valence-electron chi connectivity index (χ4n) is 2.90. The molecule has 11 heteroatoms. The summed E-state index contributed by atoms with van der Waals surface area (Å²) in [6.45, 7) is 3.28. The van der Waals surface area contributed by atoms with E-state index in [0.29, 0.717) is 17.1 Å². The molecule has 0 aliphatic heterocycles. The van der Waals surface area contributed by atoms with Crippen LogP contribution in [0.5, 0.6) is 5.75 Å². The van der Waals surface area contributed by atoms with E-state index in [-0.39, 0.29) is 4.90 Å². The zero-order valence-electron chi connectivity index (χ0n) is 18.9. The summed E-state index contributed by atoms with van der Waals surface area (Å²) in [6, 6.07) is 12.5. The van der Waals surface area contributed by atoms with Crippen LogP contribution >= 0.6 is 11.3 Å². The molecule has 0 unspecified atom stereocenters. The van der Waals surface area contributed by atoms with Crippen LogP contribution in [0, 0.1) is 6.92 Å². The number of nitrogens with zero attached hydrogens (tertiary/aromatic N) is 2. The van der Waals surface area contributed by atoms with Gasteiger partial charge in [-0.05, 0) is 43.7 Å². The maximum atomic E-state index is 12.5. The number of rotatable bonds is 9. The quantitative estimate of drug-likeness (QED) is 0.448. The average molecular weight is 504 g/mol. The second-order valence-corrected chi connectivity index (χ2v) is 10.0. The standard InChI is InChI=1S/C23H25N3O6S2/c1-16-4-6-18(7-5-16)14-26-12-13-33-23(26)24-21(27)15-32-22(28)17(2)25-34(29,30)20-10-8-19(31-3)9-11-20/h4-13,17,25H,14-15H2,1-3H3/t17-/m0/s1. The minimum absolute atomic E-state index is 0.0325. The van der Waals surface area contributed by atoms with Gasteiger partial charge in [-0.1, -0.05) is 29.8 Å². The smallest absolute Gasteiger partial charge is 0.324 e. The molecule has 0 fully saturated rings.